The maximum absolute atomic E-state index is 15.0. The van der Waals surface area contributed by atoms with Crippen molar-refractivity contribution in [1.29, 1.82) is 0 Å². The summed E-state index contributed by atoms with van der Waals surface area (Å²) in [5.74, 6) is -1.18. The second kappa shape index (κ2) is 7.35. The third-order valence-electron chi connectivity index (χ3n) is 6.08. The van der Waals surface area contributed by atoms with Crippen LogP contribution in [-0.4, -0.2) is 52.9 Å². The number of carboxylic acid groups (broad SMARTS) is 1. The predicted octanol–water partition coefficient (Wildman–Crippen LogP) is 1.84. The third-order valence-corrected chi connectivity index (χ3v) is 6.08. The molecule has 2 atom stereocenters. The van der Waals surface area contributed by atoms with E-state index in [-0.39, 0.29) is 29.4 Å². The Morgan fingerprint density at radius 1 is 1.39 bits per heavy atom. The molecule has 2 aliphatic rings. The summed E-state index contributed by atoms with van der Waals surface area (Å²) in [4.78, 5) is 30.9. The number of benzene rings is 1. The number of hydrogen-bond donors (Lipinski definition) is 2. The topological polar surface area (TPSA) is 96.7 Å². The summed E-state index contributed by atoms with van der Waals surface area (Å²) in [6, 6.07) is 8.88. The van der Waals surface area contributed by atoms with Gasteiger partial charge in [-0.3, -0.25) is 4.79 Å². The number of aromatic nitrogens is 2. The van der Waals surface area contributed by atoms with Crippen LogP contribution in [0.2, 0.25) is 0 Å². The summed E-state index contributed by atoms with van der Waals surface area (Å²) < 4.78 is 22.0. The van der Waals surface area contributed by atoms with Crippen LogP contribution in [0.15, 0.2) is 41.3 Å². The lowest BCUT2D eigenvalue weighted by molar-refractivity contribution is 0.0695. The molecule has 9 heteroatoms. The first kappa shape index (κ1) is 19.5. The van der Waals surface area contributed by atoms with Crippen molar-refractivity contribution in [1.82, 2.24) is 14.9 Å². The van der Waals surface area contributed by atoms with Crippen molar-refractivity contribution < 1.29 is 19.0 Å². The average molecular weight is 424 g/mol. The highest BCUT2D eigenvalue weighted by Crippen LogP contribution is 2.31. The van der Waals surface area contributed by atoms with Crippen molar-refractivity contribution in [2.24, 2.45) is 0 Å². The maximum Gasteiger partial charge on any atom is 0.341 e. The van der Waals surface area contributed by atoms with Crippen LogP contribution in [0.5, 0.6) is 5.75 Å². The van der Waals surface area contributed by atoms with Gasteiger partial charge in [-0.1, -0.05) is 18.2 Å². The largest absolute Gasteiger partial charge is 0.496 e. The molecule has 0 spiro atoms. The van der Waals surface area contributed by atoms with Crippen molar-refractivity contribution in [2.75, 3.05) is 25.1 Å². The summed E-state index contributed by atoms with van der Waals surface area (Å²) in [7, 11) is 1.55. The molecule has 2 bridgehead atoms. The van der Waals surface area contributed by atoms with Crippen molar-refractivity contribution in [3.05, 3.63) is 63.7 Å². The molecular formula is C22H21FN4O4. The summed E-state index contributed by atoms with van der Waals surface area (Å²) in [6.07, 6.45) is 2.19. The highest BCUT2D eigenvalue weighted by Gasteiger charge is 2.39. The number of para-hydroxylation sites is 1. The molecule has 2 N–H and O–H groups in total. The van der Waals surface area contributed by atoms with Gasteiger partial charge in [0.1, 0.15) is 17.0 Å². The zero-order valence-corrected chi connectivity index (χ0v) is 16.8. The van der Waals surface area contributed by atoms with Crippen LogP contribution in [0.1, 0.15) is 22.3 Å². The number of piperazine rings is 1. The predicted molar refractivity (Wildman–Crippen MR) is 113 cm³/mol. The number of methoxy groups -OCH3 is 1. The van der Waals surface area contributed by atoms with Gasteiger partial charge in [0.05, 0.1) is 19.0 Å². The Morgan fingerprint density at radius 2 is 2.19 bits per heavy atom. The first-order valence-corrected chi connectivity index (χ1v) is 10.0. The number of ether oxygens (including phenoxy) is 1. The van der Waals surface area contributed by atoms with Crippen LogP contribution >= 0.6 is 0 Å². The monoisotopic (exact) mass is 424 g/mol. The van der Waals surface area contributed by atoms with E-state index in [0.29, 0.717) is 18.3 Å². The molecule has 4 heterocycles. The number of fused-ring (bicyclic) bond motifs is 3. The quantitative estimate of drug-likeness (QED) is 0.645. The molecule has 2 aromatic heterocycles. The fourth-order valence-electron chi connectivity index (χ4n) is 4.59. The molecule has 31 heavy (non-hydrogen) atoms. The van der Waals surface area contributed by atoms with Gasteiger partial charge in [0.25, 0.3) is 0 Å². The number of halogens is 1. The average Bonchev–Trinajstić information content (AvgIpc) is 3.39. The highest BCUT2D eigenvalue weighted by atomic mass is 19.1. The number of pyridine rings is 2. The third kappa shape index (κ3) is 3.21. The summed E-state index contributed by atoms with van der Waals surface area (Å²) in [5, 5.41) is 12.8. The Labute approximate surface area is 176 Å². The molecule has 0 saturated carbocycles. The Hall–Kier alpha value is -3.46. The minimum Gasteiger partial charge on any atom is -0.496 e. The van der Waals surface area contributed by atoms with Gasteiger partial charge in [-0.05, 0) is 18.6 Å². The molecule has 0 amide bonds. The van der Waals surface area contributed by atoms with Crippen molar-refractivity contribution in [2.45, 2.75) is 25.0 Å². The van der Waals surface area contributed by atoms with Crippen LogP contribution in [0.25, 0.3) is 11.0 Å². The molecule has 5 rings (SSSR count). The van der Waals surface area contributed by atoms with Crippen molar-refractivity contribution in [3.63, 3.8) is 0 Å². The molecule has 0 radical (unpaired) electrons. The Kier molecular flexibility index (Phi) is 4.62. The zero-order valence-electron chi connectivity index (χ0n) is 16.8. The van der Waals surface area contributed by atoms with Crippen LogP contribution in [0, 0.1) is 5.82 Å². The van der Waals surface area contributed by atoms with E-state index in [1.165, 1.54) is 6.20 Å². The number of carbonyl (C=O) groups is 1. The number of nitrogens with zero attached hydrogens (tertiary/aromatic N) is 3. The molecule has 1 aromatic carbocycles. The molecule has 0 unspecified atom stereocenters. The SMILES string of the molecule is COc1ccccc1Cn1cc(C(=O)O)c(=O)c2cc(F)c(N3C[C@@H]4C[C@H]3CN4)nc21. The molecule has 2 saturated heterocycles. The first-order valence-electron chi connectivity index (χ1n) is 10.0. The summed E-state index contributed by atoms with van der Waals surface area (Å²) in [5.41, 5.74) is -0.154. The minimum atomic E-state index is -1.37. The van der Waals surface area contributed by atoms with Gasteiger partial charge in [-0.25, -0.2) is 14.2 Å². The number of hydrogen-bond acceptors (Lipinski definition) is 6. The van der Waals surface area contributed by atoms with E-state index in [2.05, 4.69) is 10.3 Å². The van der Waals surface area contributed by atoms with Crippen LogP contribution < -0.4 is 20.4 Å². The standard InChI is InChI=1S/C22H21FN4O4/c1-31-18-5-3-2-4-12(18)9-26-11-16(22(29)30)19(28)15-7-17(23)21(25-20(15)26)27-10-13-6-14(27)8-24-13/h2-5,7,11,13-14,24H,6,8-10H2,1H3,(H,29,30)/t13-,14-/m0/s1. The number of aromatic carboxylic acids is 1. The summed E-state index contributed by atoms with van der Waals surface area (Å²) >= 11 is 0. The highest BCUT2D eigenvalue weighted by molar-refractivity contribution is 5.92. The van der Waals surface area contributed by atoms with E-state index >= 15 is 4.39 Å². The second-order valence-electron chi connectivity index (χ2n) is 7.93. The molecule has 2 fully saturated rings. The van der Waals surface area contributed by atoms with Crippen molar-refractivity contribution in [3.8, 4) is 5.75 Å². The van der Waals surface area contributed by atoms with Gasteiger partial charge in [-0.15, -0.1) is 0 Å². The molecule has 8 nitrogen and oxygen atoms in total. The number of anilines is 1. The fourth-order valence-corrected chi connectivity index (χ4v) is 4.59. The van der Waals surface area contributed by atoms with Crippen LogP contribution in [0.4, 0.5) is 10.2 Å². The Morgan fingerprint density at radius 3 is 2.87 bits per heavy atom. The van der Waals surface area contributed by atoms with E-state index in [4.69, 9.17) is 4.74 Å². The number of carboxylic acids is 1. The Bertz CT molecular complexity index is 1260. The van der Waals surface area contributed by atoms with Crippen LogP contribution in [0.3, 0.4) is 0 Å². The lowest BCUT2D eigenvalue weighted by Gasteiger charge is -2.29. The fraction of sp³-hybridized carbons (Fsp3) is 0.318. The van der Waals surface area contributed by atoms with Gasteiger partial charge in [-0.2, -0.15) is 0 Å². The lowest BCUT2D eigenvalue weighted by Crippen LogP contribution is -2.44. The van der Waals surface area contributed by atoms with Gasteiger partial charge in [0.15, 0.2) is 11.6 Å². The molecule has 3 aromatic rings. The van der Waals surface area contributed by atoms with Crippen molar-refractivity contribution >= 4 is 22.8 Å². The zero-order chi connectivity index (χ0) is 21.7. The van der Waals surface area contributed by atoms with Gasteiger partial charge < -0.3 is 24.6 Å². The van der Waals surface area contributed by atoms with Crippen LogP contribution in [-0.2, 0) is 6.54 Å². The molecule has 0 aliphatic carbocycles. The van der Waals surface area contributed by atoms with E-state index in [1.54, 1.807) is 17.7 Å². The van der Waals surface area contributed by atoms with Gasteiger partial charge in [0, 0.05) is 36.9 Å². The van der Waals surface area contributed by atoms with E-state index in [0.717, 1.165) is 24.6 Å². The molecule has 2 aliphatic heterocycles. The second-order valence-corrected chi connectivity index (χ2v) is 7.93. The number of rotatable bonds is 5. The first-order chi connectivity index (χ1) is 15.0. The number of nitrogens with one attached hydrogen (secondary N) is 1. The van der Waals surface area contributed by atoms with Gasteiger partial charge >= 0.3 is 5.97 Å². The summed E-state index contributed by atoms with van der Waals surface area (Å²) in [6.45, 7) is 1.62. The van der Waals surface area contributed by atoms with E-state index in [1.807, 2.05) is 23.1 Å². The lowest BCUT2D eigenvalue weighted by atomic mass is 10.1. The van der Waals surface area contributed by atoms with E-state index < -0.39 is 22.8 Å². The maximum atomic E-state index is 15.0. The molecular weight excluding hydrogens is 403 g/mol. The smallest absolute Gasteiger partial charge is 0.341 e. The Balaban J connectivity index is 1.70. The normalized spacial score (nSPS) is 19.9. The minimum absolute atomic E-state index is 0.0569. The van der Waals surface area contributed by atoms with Gasteiger partial charge in [0.2, 0.25) is 5.43 Å². The molecule has 160 valence electrons. The van der Waals surface area contributed by atoms with E-state index in [9.17, 15) is 14.7 Å².